The third kappa shape index (κ3) is 2.44. The van der Waals surface area contributed by atoms with Gasteiger partial charge in [-0.3, -0.25) is 14.3 Å². The number of nitrogens with zero attached hydrogens (tertiary/aromatic N) is 1. The van der Waals surface area contributed by atoms with Crippen LogP contribution < -0.4 is 16.6 Å². The zero-order valence-electron chi connectivity index (χ0n) is 9.10. The van der Waals surface area contributed by atoms with Crippen molar-refractivity contribution in [2.75, 3.05) is 6.54 Å². The normalized spacial score (nSPS) is 19.4. The van der Waals surface area contributed by atoms with Crippen LogP contribution in [0.1, 0.15) is 23.2 Å². The van der Waals surface area contributed by atoms with Gasteiger partial charge in [-0.25, -0.2) is 9.59 Å². The highest BCUT2D eigenvalue weighted by molar-refractivity contribution is 5.86. The molecule has 92 valence electrons. The molecule has 0 unspecified atom stereocenters. The van der Waals surface area contributed by atoms with Crippen LogP contribution in [0.4, 0.5) is 0 Å². The van der Waals surface area contributed by atoms with Crippen molar-refractivity contribution >= 4 is 5.97 Å². The SMILES string of the molecule is O=C(O)c1cn(C[C@@H]2CCCN2)c(=O)[nH]c1=O. The van der Waals surface area contributed by atoms with Gasteiger partial charge in [-0.15, -0.1) is 0 Å². The molecule has 1 aromatic rings. The van der Waals surface area contributed by atoms with Gasteiger partial charge in [-0.1, -0.05) is 0 Å². The number of carboxylic acid groups (broad SMARTS) is 1. The van der Waals surface area contributed by atoms with E-state index in [1.165, 1.54) is 4.57 Å². The van der Waals surface area contributed by atoms with Crippen molar-refractivity contribution in [3.63, 3.8) is 0 Å². The van der Waals surface area contributed by atoms with E-state index in [2.05, 4.69) is 5.32 Å². The summed E-state index contributed by atoms with van der Waals surface area (Å²) in [5, 5.41) is 12.0. The van der Waals surface area contributed by atoms with E-state index in [0.29, 0.717) is 6.54 Å². The molecule has 3 N–H and O–H groups in total. The second kappa shape index (κ2) is 4.54. The first kappa shape index (κ1) is 11.6. The van der Waals surface area contributed by atoms with Gasteiger partial charge >= 0.3 is 11.7 Å². The first-order chi connectivity index (χ1) is 8.08. The molecule has 1 aliphatic rings. The molecule has 0 saturated carbocycles. The number of aromatic carboxylic acids is 1. The molecule has 17 heavy (non-hydrogen) atoms. The van der Waals surface area contributed by atoms with Crippen molar-refractivity contribution in [1.29, 1.82) is 0 Å². The number of hydrogen-bond acceptors (Lipinski definition) is 4. The predicted molar refractivity (Wildman–Crippen MR) is 59.3 cm³/mol. The van der Waals surface area contributed by atoms with E-state index in [4.69, 9.17) is 5.11 Å². The fraction of sp³-hybridized carbons (Fsp3) is 0.500. The fourth-order valence-electron chi connectivity index (χ4n) is 1.95. The van der Waals surface area contributed by atoms with Crippen LogP contribution in [0.3, 0.4) is 0 Å². The van der Waals surface area contributed by atoms with E-state index < -0.39 is 22.8 Å². The third-order valence-electron chi connectivity index (χ3n) is 2.82. The maximum absolute atomic E-state index is 11.5. The molecule has 1 fully saturated rings. The van der Waals surface area contributed by atoms with Gasteiger partial charge in [-0.05, 0) is 19.4 Å². The van der Waals surface area contributed by atoms with Crippen molar-refractivity contribution in [2.45, 2.75) is 25.4 Å². The van der Waals surface area contributed by atoms with Gasteiger partial charge in [0, 0.05) is 18.8 Å². The summed E-state index contributed by atoms with van der Waals surface area (Å²) in [4.78, 5) is 35.5. The largest absolute Gasteiger partial charge is 0.477 e. The van der Waals surface area contributed by atoms with Gasteiger partial charge in [0.1, 0.15) is 5.56 Å². The van der Waals surface area contributed by atoms with Crippen LogP contribution in [0.2, 0.25) is 0 Å². The average molecular weight is 239 g/mol. The quantitative estimate of drug-likeness (QED) is 0.626. The van der Waals surface area contributed by atoms with Crippen LogP contribution in [0.5, 0.6) is 0 Å². The first-order valence-corrected chi connectivity index (χ1v) is 5.38. The van der Waals surface area contributed by atoms with E-state index >= 15 is 0 Å². The molecule has 0 radical (unpaired) electrons. The Kier molecular flexibility index (Phi) is 3.10. The molecular weight excluding hydrogens is 226 g/mol. The molecule has 1 atom stereocenters. The lowest BCUT2D eigenvalue weighted by atomic mass is 10.2. The van der Waals surface area contributed by atoms with Crippen LogP contribution >= 0.6 is 0 Å². The third-order valence-corrected chi connectivity index (χ3v) is 2.82. The zero-order chi connectivity index (χ0) is 12.4. The molecule has 0 amide bonds. The lowest BCUT2D eigenvalue weighted by Gasteiger charge is -2.12. The number of aromatic nitrogens is 2. The second-order valence-electron chi connectivity index (χ2n) is 4.05. The second-order valence-corrected chi connectivity index (χ2v) is 4.05. The van der Waals surface area contributed by atoms with E-state index in [0.717, 1.165) is 25.6 Å². The number of carbonyl (C=O) groups is 1. The van der Waals surface area contributed by atoms with Gasteiger partial charge < -0.3 is 10.4 Å². The standard InChI is InChI=1S/C10H13N3O4/c14-8-7(9(15)16)5-13(10(17)12-8)4-6-2-1-3-11-6/h5-6,11H,1-4H2,(H,15,16)(H,12,14,17)/t6-/m0/s1. The molecule has 0 aliphatic carbocycles. The summed E-state index contributed by atoms with van der Waals surface area (Å²) in [5.74, 6) is -1.33. The van der Waals surface area contributed by atoms with Crippen LogP contribution in [0, 0.1) is 0 Å². The van der Waals surface area contributed by atoms with Crippen LogP contribution in [0.15, 0.2) is 15.8 Å². The Labute approximate surface area is 96.1 Å². The van der Waals surface area contributed by atoms with E-state index in [-0.39, 0.29) is 6.04 Å². The Balaban J connectivity index is 2.33. The summed E-state index contributed by atoms with van der Waals surface area (Å²) in [6, 6.07) is 0.153. The summed E-state index contributed by atoms with van der Waals surface area (Å²) in [6.45, 7) is 1.27. The molecule has 1 aromatic heterocycles. The van der Waals surface area contributed by atoms with Crippen molar-refractivity contribution in [3.05, 3.63) is 32.6 Å². The molecule has 7 heteroatoms. The first-order valence-electron chi connectivity index (χ1n) is 5.38. The number of rotatable bonds is 3. The van der Waals surface area contributed by atoms with Gasteiger partial charge in [0.2, 0.25) is 0 Å². The molecule has 2 heterocycles. The van der Waals surface area contributed by atoms with E-state index in [1.807, 2.05) is 4.98 Å². The number of nitrogens with one attached hydrogen (secondary N) is 2. The topological polar surface area (TPSA) is 104 Å². The Morgan fingerprint density at radius 2 is 2.29 bits per heavy atom. The van der Waals surface area contributed by atoms with Gasteiger partial charge in [0.15, 0.2) is 0 Å². The zero-order valence-corrected chi connectivity index (χ0v) is 9.10. The molecule has 0 aromatic carbocycles. The van der Waals surface area contributed by atoms with Crippen LogP contribution in [0.25, 0.3) is 0 Å². The monoisotopic (exact) mass is 239 g/mol. The minimum Gasteiger partial charge on any atom is -0.477 e. The van der Waals surface area contributed by atoms with Gasteiger partial charge in [-0.2, -0.15) is 0 Å². The highest BCUT2D eigenvalue weighted by Crippen LogP contribution is 2.06. The molecular formula is C10H13N3O4. The summed E-state index contributed by atoms with van der Waals surface area (Å²) < 4.78 is 1.23. The van der Waals surface area contributed by atoms with Crippen LogP contribution in [-0.4, -0.2) is 33.2 Å². The molecule has 0 spiro atoms. The van der Waals surface area contributed by atoms with E-state index in [9.17, 15) is 14.4 Å². The smallest absolute Gasteiger partial charge is 0.342 e. The van der Waals surface area contributed by atoms with Gasteiger partial charge in [0.05, 0.1) is 0 Å². The molecule has 1 aliphatic heterocycles. The Morgan fingerprint density at radius 1 is 1.53 bits per heavy atom. The van der Waals surface area contributed by atoms with Gasteiger partial charge in [0.25, 0.3) is 5.56 Å². The van der Waals surface area contributed by atoms with Crippen molar-refractivity contribution in [3.8, 4) is 0 Å². The highest BCUT2D eigenvalue weighted by Gasteiger charge is 2.17. The number of carboxylic acids is 1. The van der Waals surface area contributed by atoms with Crippen LogP contribution in [-0.2, 0) is 6.54 Å². The minimum atomic E-state index is -1.33. The Hall–Kier alpha value is -1.89. The predicted octanol–water partition coefficient (Wildman–Crippen LogP) is -1.01. The molecule has 1 saturated heterocycles. The number of aromatic amines is 1. The highest BCUT2D eigenvalue weighted by atomic mass is 16.4. The minimum absolute atomic E-state index is 0.153. The molecule has 7 nitrogen and oxygen atoms in total. The average Bonchev–Trinajstić information content (AvgIpc) is 2.74. The Morgan fingerprint density at radius 3 is 2.88 bits per heavy atom. The Bertz CT molecular complexity index is 539. The van der Waals surface area contributed by atoms with Crippen molar-refractivity contribution in [1.82, 2.24) is 14.9 Å². The molecule has 0 bridgehead atoms. The summed E-state index contributed by atoms with van der Waals surface area (Å²) in [6.07, 6.45) is 3.08. The van der Waals surface area contributed by atoms with Crippen molar-refractivity contribution in [2.24, 2.45) is 0 Å². The van der Waals surface area contributed by atoms with E-state index in [1.54, 1.807) is 0 Å². The summed E-state index contributed by atoms with van der Waals surface area (Å²) in [7, 11) is 0. The lowest BCUT2D eigenvalue weighted by Crippen LogP contribution is -2.37. The number of hydrogen-bond donors (Lipinski definition) is 3. The summed E-state index contributed by atoms with van der Waals surface area (Å²) in [5.41, 5.74) is -1.85. The number of H-pyrrole nitrogens is 1. The maximum atomic E-state index is 11.5. The van der Waals surface area contributed by atoms with Crippen molar-refractivity contribution < 1.29 is 9.90 Å². The molecule has 2 rings (SSSR count). The lowest BCUT2D eigenvalue weighted by molar-refractivity contribution is 0.0693. The fourth-order valence-corrected chi connectivity index (χ4v) is 1.95. The maximum Gasteiger partial charge on any atom is 0.342 e. The summed E-state index contributed by atoms with van der Waals surface area (Å²) >= 11 is 0.